The third-order valence-electron chi connectivity index (χ3n) is 5.76. The summed E-state index contributed by atoms with van der Waals surface area (Å²) in [5.74, 6) is 0.402. The molecule has 0 saturated carbocycles. The molecular formula is C27H27ClFN3O3S. The van der Waals surface area contributed by atoms with E-state index in [0.29, 0.717) is 65.7 Å². The van der Waals surface area contributed by atoms with Crippen LogP contribution in [0.4, 0.5) is 15.8 Å². The number of nitrogens with one attached hydrogen (secondary N) is 1. The predicted octanol–water partition coefficient (Wildman–Crippen LogP) is 5.39. The van der Waals surface area contributed by atoms with Crippen LogP contribution in [0.5, 0.6) is 11.5 Å². The van der Waals surface area contributed by atoms with Crippen molar-refractivity contribution in [2.45, 2.75) is 6.92 Å². The molecule has 3 aromatic rings. The number of amides is 1. The molecule has 0 unspecified atom stereocenters. The Kier molecular flexibility index (Phi) is 8.61. The van der Waals surface area contributed by atoms with Crippen molar-refractivity contribution in [3.63, 3.8) is 0 Å². The summed E-state index contributed by atoms with van der Waals surface area (Å²) in [6, 6.07) is 19.3. The van der Waals surface area contributed by atoms with E-state index in [9.17, 15) is 9.18 Å². The van der Waals surface area contributed by atoms with Crippen LogP contribution in [-0.2, 0) is 4.79 Å². The van der Waals surface area contributed by atoms with E-state index in [1.807, 2.05) is 30.0 Å². The first-order chi connectivity index (χ1) is 17.5. The molecule has 0 radical (unpaired) electrons. The van der Waals surface area contributed by atoms with E-state index < -0.39 is 0 Å². The number of anilines is 2. The maximum atomic E-state index is 14.2. The number of para-hydroxylation sites is 2. The summed E-state index contributed by atoms with van der Waals surface area (Å²) in [4.78, 5) is 17.2. The van der Waals surface area contributed by atoms with Gasteiger partial charge in [-0.2, -0.15) is 0 Å². The minimum absolute atomic E-state index is 0.201. The Bertz CT molecular complexity index is 1230. The van der Waals surface area contributed by atoms with Gasteiger partial charge in [-0.15, -0.1) is 0 Å². The zero-order valence-electron chi connectivity index (χ0n) is 19.9. The van der Waals surface area contributed by atoms with E-state index in [2.05, 4.69) is 10.2 Å². The van der Waals surface area contributed by atoms with Crippen LogP contribution < -0.4 is 19.7 Å². The van der Waals surface area contributed by atoms with E-state index in [1.165, 1.54) is 6.07 Å². The molecule has 188 valence electrons. The summed E-state index contributed by atoms with van der Waals surface area (Å²) in [5, 5.41) is 3.18. The molecule has 1 saturated heterocycles. The lowest BCUT2D eigenvalue weighted by Gasteiger charge is -2.37. The second kappa shape index (κ2) is 12.1. The number of halogens is 2. The van der Waals surface area contributed by atoms with Crippen LogP contribution in [0.25, 0.3) is 0 Å². The van der Waals surface area contributed by atoms with Crippen molar-refractivity contribution in [1.29, 1.82) is 0 Å². The van der Waals surface area contributed by atoms with Crippen LogP contribution in [0.2, 0.25) is 5.02 Å². The van der Waals surface area contributed by atoms with Gasteiger partial charge in [-0.05, 0) is 49.4 Å². The first-order valence-corrected chi connectivity index (χ1v) is 12.5. The molecule has 1 N–H and O–H groups in total. The highest BCUT2D eigenvalue weighted by Gasteiger charge is 2.22. The fourth-order valence-corrected chi connectivity index (χ4v) is 4.45. The highest BCUT2D eigenvalue weighted by molar-refractivity contribution is 7.80. The first-order valence-electron chi connectivity index (χ1n) is 11.7. The molecule has 0 atom stereocenters. The molecule has 1 aliphatic heterocycles. The van der Waals surface area contributed by atoms with Gasteiger partial charge in [-0.3, -0.25) is 4.79 Å². The van der Waals surface area contributed by atoms with Gasteiger partial charge in [0.05, 0.1) is 23.0 Å². The summed E-state index contributed by atoms with van der Waals surface area (Å²) >= 11 is 11.9. The summed E-state index contributed by atoms with van der Waals surface area (Å²) in [5.41, 5.74) is 1.95. The number of ether oxygens (including phenoxy) is 2. The zero-order chi connectivity index (χ0) is 25.5. The number of benzene rings is 3. The quantitative estimate of drug-likeness (QED) is 0.396. The minimum atomic E-state index is -0.335. The Morgan fingerprint density at radius 1 is 1.00 bits per heavy atom. The van der Waals surface area contributed by atoms with Gasteiger partial charge < -0.3 is 24.6 Å². The largest absolute Gasteiger partial charge is 0.490 e. The lowest BCUT2D eigenvalue weighted by Crippen LogP contribution is -2.48. The molecule has 1 amide bonds. The van der Waals surface area contributed by atoms with Crippen LogP contribution in [0, 0.1) is 5.82 Å². The monoisotopic (exact) mass is 527 g/mol. The molecule has 0 aliphatic carbocycles. The van der Waals surface area contributed by atoms with Crippen molar-refractivity contribution in [1.82, 2.24) is 4.90 Å². The molecule has 4 rings (SSSR count). The smallest absolute Gasteiger partial charge is 0.262 e. The number of rotatable bonds is 8. The maximum absolute atomic E-state index is 14.2. The van der Waals surface area contributed by atoms with Crippen LogP contribution in [0.1, 0.15) is 12.5 Å². The second-order valence-electron chi connectivity index (χ2n) is 8.14. The molecule has 9 heteroatoms. The van der Waals surface area contributed by atoms with Crippen molar-refractivity contribution in [3.05, 3.63) is 83.1 Å². The Labute approximate surface area is 220 Å². The van der Waals surface area contributed by atoms with Crippen molar-refractivity contribution >= 4 is 46.1 Å². The number of hydrogen-bond donors (Lipinski definition) is 1. The van der Waals surface area contributed by atoms with E-state index in [0.717, 1.165) is 5.56 Å². The molecule has 1 fully saturated rings. The number of hydrogen-bond acceptors (Lipinski definition) is 5. The molecule has 3 aromatic carbocycles. The second-order valence-corrected chi connectivity index (χ2v) is 8.94. The molecule has 0 aromatic heterocycles. The van der Waals surface area contributed by atoms with E-state index >= 15 is 0 Å². The molecule has 0 spiro atoms. The summed E-state index contributed by atoms with van der Waals surface area (Å²) in [6.07, 6.45) is 0. The third kappa shape index (κ3) is 6.25. The van der Waals surface area contributed by atoms with Gasteiger partial charge in [0.2, 0.25) is 0 Å². The molecule has 6 nitrogen and oxygen atoms in total. The Morgan fingerprint density at radius 3 is 2.44 bits per heavy atom. The maximum Gasteiger partial charge on any atom is 0.262 e. The molecule has 1 heterocycles. The normalized spacial score (nSPS) is 13.3. The van der Waals surface area contributed by atoms with Crippen LogP contribution in [0.3, 0.4) is 0 Å². The van der Waals surface area contributed by atoms with Gasteiger partial charge in [0.1, 0.15) is 10.8 Å². The van der Waals surface area contributed by atoms with Gasteiger partial charge >= 0.3 is 0 Å². The van der Waals surface area contributed by atoms with Gasteiger partial charge in [-0.25, -0.2) is 4.39 Å². The highest BCUT2D eigenvalue weighted by atomic mass is 35.5. The fourth-order valence-electron chi connectivity index (χ4n) is 3.96. The van der Waals surface area contributed by atoms with E-state index in [1.54, 1.807) is 42.5 Å². The Balaban J connectivity index is 1.38. The zero-order valence-corrected chi connectivity index (χ0v) is 21.4. The number of nitrogens with zero attached hydrogens (tertiary/aromatic N) is 2. The molecule has 1 aliphatic rings. The third-order valence-corrected chi connectivity index (χ3v) is 6.58. The van der Waals surface area contributed by atoms with E-state index in [-0.39, 0.29) is 18.3 Å². The number of piperazine rings is 1. The highest BCUT2D eigenvalue weighted by Crippen LogP contribution is 2.30. The topological polar surface area (TPSA) is 54.0 Å². The van der Waals surface area contributed by atoms with Gasteiger partial charge in [-0.1, -0.05) is 48.1 Å². The predicted molar refractivity (Wildman–Crippen MR) is 145 cm³/mol. The standard InChI is InChI=1S/C27H27ClFN3O3S/c1-2-34-25-17-19(11-12-24(25)35-18-26(33)30-22-9-5-3-7-20(22)28)27(36)32-15-13-31(14-16-32)23-10-6-4-8-21(23)29/h3-12,17H,2,13-16,18H2,1H3,(H,30,33). The molecule has 36 heavy (non-hydrogen) atoms. The number of thiocarbonyl (C=S) groups is 1. The van der Waals surface area contributed by atoms with Crippen molar-refractivity contribution in [2.24, 2.45) is 0 Å². The van der Waals surface area contributed by atoms with Gasteiger partial charge in [0.25, 0.3) is 5.91 Å². The fraction of sp³-hybridized carbons (Fsp3) is 0.259. The summed E-state index contributed by atoms with van der Waals surface area (Å²) < 4.78 is 25.7. The average molecular weight is 528 g/mol. The number of carbonyl (C=O) groups excluding carboxylic acids is 1. The average Bonchev–Trinajstić information content (AvgIpc) is 2.89. The SMILES string of the molecule is CCOc1cc(C(=S)N2CCN(c3ccccc3F)CC2)ccc1OCC(=O)Nc1ccccc1Cl. The van der Waals surface area contributed by atoms with E-state index in [4.69, 9.17) is 33.3 Å². The first kappa shape index (κ1) is 25.7. The van der Waals surface area contributed by atoms with Crippen molar-refractivity contribution in [3.8, 4) is 11.5 Å². The number of carbonyl (C=O) groups is 1. The van der Waals surface area contributed by atoms with Crippen LogP contribution >= 0.6 is 23.8 Å². The van der Waals surface area contributed by atoms with Crippen LogP contribution in [0.15, 0.2) is 66.7 Å². The Hall–Kier alpha value is -3.36. The van der Waals surface area contributed by atoms with Crippen molar-refractivity contribution in [2.75, 3.05) is 49.6 Å². The summed E-state index contributed by atoms with van der Waals surface area (Å²) in [7, 11) is 0. The lowest BCUT2D eigenvalue weighted by atomic mass is 10.1. The minimum Gasteiger partial charge on any atom is -0.490 e. The summed E-state index contributed by atoms with van der Waals surface area (Å²) in [6.45, 7) is 4.80. The molecule has 0 bridgehead atoms. The Morgan fingerprint density at radius 2 is 1.72 bits per heavy atom. The lowest BCUT2D eigenvalue weighted by molar-refractivity contribution is -0.118. The van der Waals surface area contributed by atoms with Gasteiger partial charge in [0.15, 0.2) is 18.1 Å². The molecular weight excluding hydrogens is 501 g/mol. The van der Waals surface area contributed by atoms with Gasteiger partial charge in [0, 0.05) is 31.7 Å². The van der Waals surface area contributed by atoms with Crippen molar-refractivity contribution < 1.29 is 18.7 Å². The van der Waals surface area contributed by atoms with Crippen LogP contribution in [-0.4, -0.2) is 55.2 Å².